The van der Waals surface area contributed by atoms with Crippen LogP contribution in [-0.2, 0) is 6.61 Å². The van der Waals surface area contributed by atoms with Gasteiger partial charge in [0.2, 0.25) is 0 Å². The van der Waals surface area contributed by atoms with Crippen LogP contribution in [0.2, 0.25) is 0 Å². The van der Waals surface area contributed by atoms with Crippen LogP contribution in [-0.4, -0.2) is 15.0 Å². The number of rotatable bonds is 3. The lowest BCUT2D eigenvalue weighted by Crippen LogP contribution is -3.00. The van der Waals surface area contributed by atoms with Crippen LogP contribution in [0.3, 0.4) is 0 Å². The highest BCUT2D eigenvalue weighted by atomic mass is 79.9. The van der Waals surface area contributed by atoms with E-state index >= 15 is 0 Å². The third-order valence-electron chi connectivity index (χ3n) is 2.92. The lowest BCUT2D eigenvalue weighted by Gasteiger charge is -2.06. The molecule has 0 fully saturated rings. The van der Waals surface area contributed by atoms with Gasteiger partial charge in [-0.1, -0.05) is 6.07 Å². The predicted molar refractivity (Wildman–Crippen MR) is 81.8 cm³/mol. The average molecular weight is 368 g/mol. The number of fused-ring (bicyclic) bond motifs is 1. The Hall–Kier alpha value is -1.59. The van der Waals surface area contributed by atoms with Crippen LogP contribution in [0.4, 0.5) is 0 Å². The van der Waals surface area contributed by atoms with E-state index in [9.17, 15) is 0 Å². The van der Waals surface area contributed by atoms with Gasteiger partial charge in [-0.3, -0.25) is 0 Å². The molecular weight excluding hydrogens is 354 g/mol. The summed E-state index contributed by atoms with van der Waals surface area (Å²) in [7, 11) is 0. The number of hydrogen-bond donors (Lipinski definition) is 1. The number of H-pyrrole nitrogens is 1. The van der Waals surface area contributed by atoms with Crippen molar-refractivity contribution in [3.63, 3.8) is 0 Å². The summed E-state index contributed by atoms with van der Waals surface area (Å²) in [6.45, 7) is 4.52. The molecule has 0 bridgehead atoms. The first-order valence-corrected chi connectivity index (χ1v) is 7.11. The third kappa shape index (κ3) is 3.74. The van der Waals surface area contributed by atoms with Crippen molar-refractivity contribution < 1.29 is 17.1 Å². The Bertz CT molecular complexity index is 752. The molecule has 1 N–H and O–H groups in total. The molecule has 3 aromatic rings. The zero-order valence-electron chi connectivity index (χ0n) is 11.7. The molecule has 0 aliphatic rings. The summed E-state index contributed by atoms with van der Waals surface area (Å²) in [6, 6.07) is 8.11. The van der Waals surface area contributed by atoms with E-state index in [1.807, 2.05) is 18.2 Å². The number of imidazole rings is 1. The lowest BCUT2D eigenvalue weighted by molar-refractivity contribution is -0.00000467. The normalized spacial score (nSPS) is 10.4. The number of aryl methyl sites for hydroxylation is 2. The van der Waals surface area contributed by atoms with Gasteiger partial charge in [0.1, 0.15) is 18.2 Å². The summed E-state index contributed by atoms with van der Waals surface area (Å²) >= 11 is 3.39. The highest BCUT2D eigenvalue weighted by molar-refractivity contribution is 9.10. The second kappa shape index (κ2) is 6.45. The first kappa shape index (κ1) is 15.8. The number of hydrogen-bond acceptors (Lipinski definition) is 3. The molecule has 0 saturated heterocycles. The molecule has 2 aromatic heterocycles. The molecule has 1 aromatic carbocycles. The number of aromatic nitrogens is 3. The predicted octanol–water partition coefficient (Wildman–Crippen LogP) is 0.920. The molecule has 0 unspecified atom stereocenters. The van der Waals surface area contributed by atoms with Crippen molar-refractivity contribution >= 4 is 27.1 Å². The van der Waals surface area contributed by atoms with Gasteiger partial charge in [-0.05, 0) is 59.1 Å². The fraction of sp³-hybridized carbons (Fsp3) is 0.200. The molecule has 0 saturated carbocycles. The zero-order chi connectivity index (χ0) is 14.1. The molecule has 21 heavy (non-hydrogen) atoms. The van der Waals surface area contributed by atoms with Crippen LogP contribution in [0.25, 0.3) is 11.2 Å². The number of nitrogens with one attached hydrogen (secondary N) is 1. The molecule has 2 heterocycles. The van der Waals surface area contributed by atoms with E-state index in [2.05, 4.69) is 50.8 Å². The minimum Gasteiger partial charge on any atom is -1.00 e. The molecular formula is C15H14BrClN3O-. The first-order chi connectivity index (χ1) is 9.60. The smallest absolute Gasteiger partial charge is 0.177 e. The Labute approximate surface area is 137 Å². The lowest BCUT2D eigenvalue weighted by atomic mass is 10.1. The van der Waals surface area contributed by atoms with Gasteiger partial charge in [-0.25, -0.2) is 9.97 Å². The molecule has 0 radical (unpaired) electrons. The van der Waals surface area contributed by atoms with Gasteiger partial charge in [-0.2, -0.15) is 0 Å². The maximum absolute atomic E-state index is 5.78. The van der Waals surface area contributed by atoms with Gasteiger partial charge < -0.3 is 22.1 Å². The Morgan fingerprint density at radius 1 is 1.14 bits per heavy atom. The van der Waals surface area contributed by atoms with Gasteiger partial charge in [0, 0.05) is 10.7 Å². The number of pyridine rings is 1. The highest BCUT2D eigenvalue weighted by Crippen LogP contribution is 2.19. The minimum absolute atomic E-state index is 0. The quantitative estimate of drug-likeness (QED) is 0.749. The second-order valence-electron chi connectivity index (χ2n) is 4.82. The third-order valence-corrected chi connectivity index (χ3v) is 3.36. The van der Waals surface area contributed by atoms with Crippen molar-refractivity contribution in [2.75, 3.05) is 0 Å². The topological polar surface area (TPSA) is 50.8 Å². The van der Waals surface area contributed by atoms with Crippen LogP contribution in [0.1, 0.15) is 17.0 Å². The fourth-order valence-corrected chi connectivity index (χ4v) is 2.49. The number of benzene rings is 1. The SMILES string of the molecule is Cc1cc(C)cc(OCc2nc3ncc(Br)cc3[nH]2)c1.[Cl-]. The Kier molecular flexibility index (Phi) is 4.85. The van der Waals surface area contributed by atoms with Crippen molar-refractivity contribution in [3.8, 4) is 5.75 Å². The number of ether oxygens (including phenoxy) is 1. The maximum atomic E-state index is 5.78. The summed E-state index contributed by atoms with van der Waals surface area (Å²) in [5.74, 6) is 1.63. The molecule has 110 valence electrons. The summed E-state index contributed by atoms with van der Waals surface area (Å²) in [4.78, 5) is 11.8. The Balaban J connectivity index is 0.00000161. The first-order valence-electron chi connectivity index (χ1n) is 6.31. The fourth-order valence-electron chi connectivity index (χ4n) is 2.16. The Morgan fingerprint density at radius 2 is 1.86 bits per heavy atom. The van der Waals surface area contributed by atoms with Crippen molar-refractivity contribution in [1.82, 2.24) is 15.0 Å². The molecule has 0 atom stereocenters. The zero-order valence-corrected chi connectivity index (χ0v) is 14.0. The van der Waals surface area contributed by atoms with Gasteiger partial charge >= 0.3 is 0 Å². The minimum atomic E-state index is 0. The molecule has 6 heteroatoms. The van der Waals surface area contributed by atoms with Crippen molar-refractivity contribution in [2.24, 2.45) is 0 Å². The van der Waals surface area contributed by atoms with E-state index in [4.69, 9.17) is 4.74 Å². The van der Waals surface area contributed by atoms with Crippen molar-refractivity contribution in [3.05, 3.63) is 51.9 Å². The molecule has 0 spiro atoms. The molecule has 3 rings (SSSR count). The number of halogens is 2. The van der Waals surface area contributed by atoms with Crippen LogP contribution >= 0.6 is 15.9 Å². The van der Waals surface area contributed by atoms with Crippen LogP contribution in [0.15, 0.2) is 34.9 Å². The summed E-state index contributed by atoms with van der Waals surface area (Å²) in [5.41, 5.74) is 3.98. The molecule has 0 aliphatic carbocycles. The average Bonchev–Trinajstić information content (AvgIpc) is 2.77. The van der Waals surface area contributed by atoms with Crippen molar-refractivity contribution in [1.29, 1.82) is 0 Å². The van der Waals surface area contributed by atoms with E-state index in [0.717, 1.165) is 21.6 Å². The van der Waals surface area contributed by atoms with E-state index < -0.39 is 0 Å². The maximum Gasteiger partial charge on any atom is 0.177 e. The largest absolute Gasteiger partial charge is 1.00 e. The summed E-state index contributed by atoms with van der Waals surface area (Å²) in [5, 5.41) is 0. The molecule has 0 amide bonds. The van der Waals surface area contributed by atoms with Crippen LogP contribution < -0.4 is 17.1 Å². The standard InChI is InChI=1S/C15H14BrN3O.ClH/c1-9-3-10(2)5-12(4-9)20-8-14-18-13-6-11(16)7-17-15(13)19-14;/h3-7H,8H2,1-2H3,(H,17,18,19);1H/p-1. The Morgan fingerprint density at radius 3 is 2.57 bits per heavy atom. The van der Waals surface area contributed by atoms with Crippen LogP contribution in [0, 0.1) is 13.8 Å². The van der Waals surface area contributed by atoms with Gasteiger partial charge in [0.25, 0.3) is 0 Å². The van der Waals surface area contributed by atoms with E-state index in [-0.39, 0.29) is 12.4 Å². The van der Waals surface area contributed by atoms with Crippen molar-refractivity contribution in [2.45, 2.75) is 20.5 Å². The van der Waals surface area contributed by atoms with Gasteiger partial charge in [0.15, 0.2) is 5.65 Å². The molecule has 0 aliphatic heterocycles. The number of aromatic amines is 1. The molecule has 4 nitrogen and oxygen atoms in total. The van der Waals surface area contributed by atoms with Crippen LogP contribution in [0.5, 0.6) is 5.75 Å². The highest BCUT2D eigenvalue weighted by Gasteiger charge is 2.05. The monoisotopic (exact) mass is 366 g/mol. The van der Waals surface area contributed by atoms with E-state index in [1.165, 1.54) is 11.1 Å². The van der Waals surface area contributed by atoms with Gasteiger partial charge in [0.05, 0.1) is 5.52 Å². The summed E-state index contributed by atoms with van der Waals surface area (Å²) < 4.78 is 6.71. The second-order valence-corrected chi connectivity index (χ2v) is 5.74. The van der Waals surface area contributed by atoms with E-state index in [0.29, 0.717) is 12.3 Å². The number of nitrogens with zero attached hydrogens (tertiary/aromatic N) is 2. The van der Waals surface area contributed by atoms with E-state index in [1.54, 1.807) is 6.20 Å². The summed E-state index contributed by atoms with van der Waals surface area (Å²) in [6.07, 6.45) is 1.73. The van der Waals surface area contributed by atoms with Gasteiger partial charge in [-0.15, -0.1) is 0 Å².